The minimum Gasteiger partial charge on any atom is -0.497 e. The predicted molar refractivity (Wildman–Crippen MR) is 97.8 cm³/mol. The topological polar surface area (TPSA) is 51.3 Å². The lowest BCUT2D eigenvalue weighted by Gasteiger charge is -2.06. The highest BCUT2D eigenvalue weighted by Gasteiger charge is 2.19. The molecule has 0 spiro atoms. The van der Waals surface area contributed by atoms with Gasteiger partial charge in [-0.2, -0.15) is 0 Å². The van der Waals surface area contributed by atoms with Gasteiger partial charge in [0.25, 0.3) is 0 Å². The normalized spacial score (nSPS) is 10.8. The third kappa shape index (κ3) is 3.17. The number of methoxy groups -OCH3 is 1. The number of carbonyl (C=O) groups excluding carboxylic acids is 1. The Morgan fingerprint density at radius 3 is 2.58 bits per heavy atom. The van der Waals surface area contributed by atoms with Gasteiger partial charge in [-0.3, -0.25) is 0 Å². The molecule has 124 valence electrons. The maximum Gasteiger partial charge on any atom is 0.355 e. The van der Waals surface area contributed by atoms with E-state index in [1.165, 1.54) is 5.56 Å². The Balaban J connectivity index is 2.00. The van der Waals surface area contributed by atoms with E-state index in [0.29, 0.717) is 12.3 Å². The van der Waals surface area contributed by atoms with E-state index >= 15 is 0 Å². The van der Waals surface area contributed by atoms with Crippen LogP contribution in [0.15, 0.2) is 46.9 Å². The minimum atomic E-state index is -0.351. The van der Waals surface area contributed by atoms with Gasteiger partial charge in [-0.05, 0) is 58.6 Å². The summed E-state index contributed by atoms with van der Waals surface area (Å²) in [5.74, 6) is 0.486. The number of benzene rings is 2. The second kappa shape index (κ2) is 7.09. The maximum atomic E-state index is 12.1. The first-order chi connectivity index (χ1) is 11.6. The number of esters is 1. The SMILES string of the molecule is CCOC(=O)c1[nH]c2cccc(Cc3ccc(OC)cc3)c2c1Br. The van der Waals surface area contributed by atoms with Gasteiger partial charge in [0, 0.05) is 10.9 Å². The lowest BCUT2D eigenvalue weighted by atomic mass is 10.0. The second-order valence-corrected chi connectivity index (χ2v) is 6.19. The van der Waals surface area contributed by atoms with Crippen molar-refractivity contribution < 1.29 is 14.3 Å². The van der Waals surface area contributed by atoms with Crippen molar-refractivity contribution in [3.63, 3.8) is 0 Å². The molecular weight excluding hydrogens is 370 g/mol. The fourth-order valence-corrected chi connectivity index (χ4v) is 3.46. The van der Waals surface area contributed by atoms with E-state index in [4.69, 9.17) is 9.47 Å². The van der Waals surface area contributed by atoms with Crippen LogP contribution in [0.4, 0.5) is 0 Å². The summed E-state index contributed by atoms with van der Waals surface area (Å²) in [4.78, 5) is 15.2. The molecule has 5 heteroatoms. The number of rotatable bonds is 5. The Morgan fingerprint density at radius 1 is 1.17 bits per heavy atom. The van der Waals surface area contributed by atoms with E-state index < -0.39 is 0 Å². The molecule has 0 unspecified atom stereocenters. The molecule has 0 amide bonds. The van der Waals surface area contributed by atoms with Crippen LogP contribution in [0.3, 0.4) is 0 Å². The number of carbonyl (C=O) groups is 1. The van der Waals surface area contributed by atoms with Gasteiger partial charge in [0.05, 0.1) is 18.2 Å². The fraction of sp³-hybridized carbons (Fsp3) is 0.211. The predicted octanol–water partition coefficient (Wildman–Crippen LogP) is 4.71. The van der Waals surface area contributed by atoms with Crippen LogP contribution in [0.25, 0.3) is 10.9 Å². The molecule has 1 heterocycles. The van der Waals surface area contributed by atoms with Gasteiger partial charge in [0.15, 0.2) is 0 Å². The first-order valence-electron chi connectivity index (χ1n) is 7.73. The van der Waals surface area contributed by atoms with Crippen LogP contribution in [0.1, 0.15) is 28.5 Å². The Labute approximate surface area is 148 Å². The highest BCUT2D eigenvalue weighted by Crippen LogP contribution is 2.32. The number of ether oxygens (including phenoxy) is 2. The number of aromatic nitrogens is 1. The van der Waals surface area contributed by atoms with E-state index in [-0.39, 0.29) is 5.97 Å². The van der Waals surface area contributed by atoms with Crippen LogP contribution < -0.4 is 4.74 Å². The second-order valence-electron chi connectivity index (χ2n) is 5.40. The molecule has 0 aliphatic rings. The number of aromatic amines is 1. The van der Waals surface area contributed by atoms with Crippen LogP contribution in [0.5, 0.6) is 5.75 Å². The summed E-state index contributed by atoms with van der Waals surface area (Å²) < 4.78 is 11.1. The van der Waals surface area contributed by atoms with Crippen molar-refractivity contribution in [3.8, 4) is 5.75 Å². The van der Waals surface area contributed by atoms with Crippen LogP contribution in [-0.4, -0.2) is 24.7 Å². The summed E-state index contributed by atoms with van der Waals surface area (Å²) in [5, 5.41) is 1.01. The standard InChI is InChI=1S/C19H18BrNO3/c1-3-24-19(22)18-17(20)16-13(5-4-6-15(16)21-18)11-12-7-9-14(23-2)10-8-12/h4-10,21H,3,11H2,1-2H3. The largest absolute Gasteiger partial charge is 0.497 e. The molecule has 0 bridgehead atoms. The van der Waals surface area contributed by atoms with Crippen molar-refractivity contribution in [3.05, 3.63) is 63.8 Å². The zero-order valence-electron chi connectivity index (χ0n) is 13.6. The average molecular weight is 388 g/mol. The van der Waals surface area contributed by atoms with Crippen LogP contribution in [0, 0.1) is 0 Å². The molecule has 24 heavy (non-hydrogen) atoms. The van der Waals surface area contributed by atoms with Crippen molar-refractivity contribution in [1.82, 2.24) is 4.98 Å². The van der Waals surface area contributed by atoms with Crippen LogP contribution >= 0.6 is 15.9 Å². The molecule has 4 nitrogen and oxygen atoms in total. The van der Waals surface area contributed by atoms with Crippen molar-refractivity contribution in [2.24, 2.45) is 0 Å². The highest BCUT2D eigenvalue weighted by molar-refractivity contribution is 9.10. The molecular formula is C19H18BrNO3. The van der Waals surface area contributed by atoms with Crippen molar-refractivity contribution in [2.45, 2.75) is 13.3 Å². The molecule has 0 radical (unpaired) electrons. The fourth-order valence-electron chi connectivity index (χ4n) is 2.73. The number of H-pyrrole nitrogens is 1. The molecule has 0 fully saturated rings. The third-order valence-corrected chi connectivity index (χ3v) is 4.68. The first kappa shape index (κ1) is 16.6. The lowest BCUT2D eigenvalue weighted by Crippen LogP contribution is -2.05. The van der Waals surface area contributed by atoms with Gasteiger partial charge < -0.3 is 14.5 Å². The summed E-state index contributed by atoms with van der Waals surface area (Å²) in [7, 11) is 1.66. The molecule has 3 rings (SSSR count). The molecule has 3 aromatic rings. The zero-order chi connectivity index (χ0) is 17.1. The molecule has 1 aromatic heterocycles. The van der Waals surface area contributed by atoms with Crippen molar-refractivity contribution in [2.75, 3.05) is 13.7 Å². The quantitative estimate of drug-likeness (QED) is 0.645. The summed E-state index contributed by atoms with van der Waals surface area (Å²) in [6.45, 7) is 2.14. The molecule has 0 aliphatic carbocycles. The zero-order valence-corrected chi connectivity index (χ0v) is 15.1. The van der Waals surface area contributed by atoms with E-state index in [0.717, 1.165) is 33.1 Å². The summed E-state index contributed by atoms with van der Waals surface area (Å²) in [6.07, 6.45) is 0.764. The summed E-state index contributed by atoms with van der Waals surface area (Å²) in [5.41, 5.74) is 3.68. The van der Waals surface area contributed by atoms with Gasteiger partial charge in [0.1, 0.15) is 11.4 Å². The van der Waals surface area contributed by atoms with Crippen molar-refractivity contribution >= 4 is 32.8 Å². The van der Waals surface area contributed by atoms with Gasteiger partial charge in [-0.1, -0.05) is 24.3 Å². The number of hydrogen-bond donors (Lipinski definition) is 1. The third-order valence-electron chi connectivity index (χ3n) is 3.88. The van der Waals surface area contributed by atoms with Gasteiger partial charge in [-0.25, -0.2) is 4.79 Å². The highest BCUT2D eigenvalue weighted by atomic mass is 79.9. The molecule has 0 aliphatic heterocycles. The van der Waals surface area contributed by atoms with E-state index in [9.17, 15) is 4.79 Å². The number of hydrogen-bond acceptors (Lipinski definition) is 3. The maximum absolute atomic E-state index is 12.1. The number of halogens is 1. The Morgan fingerprint density at radius 2 is 1.92 bits per heavy atom. The Hall–Kier alpha value is -2.27. The molecule has 0 saturated heterocycles. The summed E-state index contributed by atoms with van der Waals surface area (Å²) in [6, 6.07) is 14.0. The first-order valence-corrected chi connectivity index (χ1v) is 8.52. The number of nitrogens with one attached hydrogen (secondary N) is 1. The summed E-state index contributed by atoms with van der Waals surface area (Å²) >= 11 is 3.56. The molecule has 2 aromatic carbocycles. The van der Waals surface area contributed by atoms with E-state index in [1.807, 2.05) is 36.4 Å². The average Bonchev–Trinajstić information content (AvgIpc) is 2.94. The van der Waals surface area contributed by atoms with E-state index in [2.05, 4.69) is 27.0 Å². The van der Waals surface area contributed by atoms with Gasteiger partial charge >= 0.3 is 5.97 Å². The monoisotopic (exact) mass is 387 g/mol. The van der Waals surface area contributed by atoms with Crippen LogP contribution in [0.2, 0.25) is 0 Å². The minimum absolute atomic E-state index is 0.347. The van der Waals surface area contributed by atoms with Gasteiger partial charge in [-0.15, -0.1) is 0 Å². The van der Waals surface area contributed by atoms with Gasteiger partial charge in [0.2, 0.25) is 0 Å². The molecule has 0 saturated carbocycles. The van der Waals surface area contributed by atoms with Crippen molar-refractivity contribution in [1.29, 1.82) is 0 Å². The molecule has 0 atom stereocenters. The number of fused-ring (bicyclic) bond motifs is 1. The lowest BCUT2D eigenvalue weighted by molar-refractivity contribution is 0.0519. The van der Waals surface area contributed by atoms with E-state index in [1.54, 1.807) is 14.0 Å². The molecule has 1 N–H and O–H groups in total. The Bertz CT molecular complexity index is 868. The smallest absolute Gasteiger partial charge is 0.355 e. The van der Waals surface area contributed by atoms with Crippen LogP contribution in [-0.2, 0) is 11.2 Å². The Kier molecular flexibility index (Phi) is 4.90.